The normalized spacial score (nSPS) is 31.6. The summed E-state index contributed by atoms with van der Waals surface area (Å²) < 4.78 is 0. The monoisotopic (exact) mass is 256 g/mol. The Morgan fingerprint density at radius 3 is 2.00 bits per heavy atom. The third-order valence-electron chi connectivity index (χ3n) is 5.20. The zero-order chi connectivity index (χ0) is 11.9. The van der Waals surface area contributed by atoms with Crippen LogP contribution in [0.25, 0.3) is 0 Å². The minimum Gasteiger partial charge on any atom is -0.127 e. The maximum absolute atomic E-state index is 5.74. The van der Waals surface area contributed by atoms with E-state index >= 15 is 0 Å². The van der Waals surface area contributed by atoms with Crippen molar-refractivity contribution in [3.05, 3.63) is 0 Å². The summed E-state index contributed by atoms with van der Waals surface area (Å²) in [5.41, 5.74) is 0. The van der Waals surface area contributed by atoms with Crippen LogP contribution in [-0.2, 0) is 0 Å². The Balaban J connectivity index is 1.63. The second kappa shape index (κ2) is 7.67. The van der Waals surface area contributed by atoms with E-state index < -0.39 is 0 Å². The molecule has 100 valence electrons. The van der Waals surface area contributed by atoms with Gasteiger partial charge in [0, 0.05) is 5.88 Å². The van der Waals surface area contributed by atoms with Gasteiger partial charge in [-0.15, -0.1) is 11.6 Å². The fourth-order valence-electron chi connectivity index (χ4n) is 4.08. The molecule has 0 nitrogen and oxygen atoms in total. The minimum absolute atomic E-state index is 0.859. The Hall–Kier alpha value is 0.290. The zero-order valence-electron chi connectivity index (χ0n) is 11.3. The molecule has 0 aromatic rings. The smallest absolute Gasteiger partial charge is 0.0223 e. The molecule has 2 aliphatic rings. The summed E-state index contributed by atoms with van der Waals surface area (Å²) in [6.07, 6.45) is 17.8. The molecule has 0 radical (unpaired) electrons. The van der Waals surface area contributed by atoms with Gasteiger partial charge in [-0.25, -0.2) is 0 Å². The maximum atomic E-state index is 5.74. The molecule has 2 saturated carbocycles. The number of halogens is 1. The van der Waals surface area contributed by atoms with Gasteiger partial charge < -0.3 is 0 Å². The Morgan fingerprint density at radius 2 is 1.35 bits per heavy atom. The number of hydrogen-bond donors (Lipinski definition) is 0. The molecule has 0 N–H and O–H groups in total. The van der Waals surface area contributed by atoms with Crippen molar-refractivity contribution in [3.8, 4) is 0 Å². The van der Waals surface area contributed by atoms with E-state index in [4.69, 9.17) is 11.6 Å². The van der Waals surface area contributed by atoms with Crippen molar-refractivity contribution < 1.29 is 0 Å². The lowest BCUT2D eigenvalue weighted by atomic mass is 9.70. The molecule has 0 saturated heterocycles. The van der Waals surface area contributed by atoms with Crippen molar-refractivity contribution in [3.63, 3.8) is 0 Å². The Morgan fingerprint density at radius 1 is 0.706 bits per heavy atom. The third kappa shape index (κ3) is 4.47. The lowest BCUT2D eigenvalue weighted by molar-refractivity contribution is 0.162. The van der Waals surface area contributed by atoms with Gasteiger partial charge >= 0.3 is 0 Å². The molecule has 0 amide bonds. The molecule has 2 fully saturated rings. The highest BCUT2D eigenvalue weighted by atomic mass is 35.5. The first-order valence-corrected chi connectivity index (χ1v) is 8.49. The molecule has 0 aromatic heterocycles. The maximum Gasteiger partial charge on any atom is 0.0223 e. The van der Waals surface area contributed by atoms with E-state index in [2.05, 4.69) is 0 Å². The van der Waals surface area contributed by atoms with Crippen LogP contribution < -0.4 is 0 Å². The van der Waals surface area contributed by atoms with E-state index in [-0.39, 0.29) is 0 Å². The van der Waals surface area contributed by atoms with Crippen LogP contribution in [0.1, 0.15) is 77.0 Å². The van der Waals surface area contributed by atoms with Crippen LogP contribution in [0, 0.1) is 17.8 Å². The van der Waals surface area contributed by atoms with Crippen LogP contribution in [0.4, 0.5) is 0 Å². The zero-order valence-corrected chi connectivity index (χ0v) is 12.1. The molecule has 0 aromatic carbocycles. The molecule has 0 heterocycles. The molecule has 0 aliphatic heterocycles. The molecule has 0 atom stereocenters. The van der Waals surface area contributed by atoms with Crippen molar-refractivity contribution in [2.45, 2.75) is 77.0 Å². The van der Waals surface area contributed by atoms with E-state index in [1.54, 1.807) is 12.8 Å². The summed E-state index contributed by atoms with van der Waals surface area (Å²) in [5, 5.41) is 0. The van der Waals surface area contributed by atoms with Crippen molar-refractivity contribution in [1.29, 1.82) is 0 Å². The van der Waals surface area contributed by atoms with Crippen LogP contribution in [0.3, 0.4) is 0 Å². The van der Waals surface area contributed by atoms with E-state index in [1.807, 2.05) is 0 Å². The molecular formula is C16H29Cl. The van der Waals surface area contributed by atoms with E-state index in [0.29, 0.717) is 0 Å². The minimum atomic E-state index is 0.859. The highest BCUT2D eigenvalue weighted by Crippen LogP contribution is 2.40. The van der Waals surface area contributed by atoms with Crippen molar-refractivity contribution >= 4 is 11.6 Å². The van der Waals surface area contributed by atoms with Crippen LogP contribution in [0.15, 0.2) is 0 Å². The summed E-state index contributed by atoms with van der Waals surface area (Å²) in [6, 6.07) is 0. The molecule has 0 unspecified atom stereocenters. The van der Waals surface area contributed by atoms with Gasteiger partial charge in [0.15, 0.2) is 0 Å². The lowest BCUT2D eigenvalue weighted by Crippen LogP contribution is -2.23. The first-order valence-electron chi connectivity index (χ1n) is 7.96. The topological polar surface area (TPSA) is 0 Å². The van der Waals surface area contributed by atoms with Gasteiger partial charge in [-0.3, -0.25) is 0 Å². The number of unbranched alkanes of at least 4 members (excludes halogenated alkanes) is 1. The van der Waals surface area contributed by atoms with Crippen LogP contribution >= 0.6 is 11.6 Å². The predicted octanol–water partition coefficient (Wildman–Crippen LogP) is 5.78. The molecule has 0 bridgehead atoms. The summed E-state index contributed by atoms with van der Waals surface area (Å²) in [5.74, 6) is 4.10. The second-order valence-corrected chi connectivity index (χ2v) is 6.74. The largest absolute Gasteiger partial charge is 0.127 e. The summed E-state index contributed by atoms with van der Waals surface area (Å²) in [4.78, 5) is 0. The molecule has 2 aliphatic carbocycles. The summed E-state index contributed by atoms with van der Waals surface area (Å²) in [7, 11) is 0. The van der Waals surface area contributed by atoms with E-state index in [9.17, 15) is 0 Å². The van der Waals surface area contributed by atoms with Gasteiger partial charge in [0.2, 0.25) is 0 Å². The average molecular weight is 257 g/mol. The first-order chi connectivity index (χ1) is 8.40. The number of rotatable bonds is 5. The van der Waals surface area contributed by atoms with Gasteiger partial charge in [0.1, 0.15) is 0 Å². The Kier molecular flexibility index (Phi) is 6.18. The highest BCUT2D eigenvalue weighted by molar-refractivity contribution is 6.17. The van der Waals surface area contributed by atoms with Gasteiger partial charge in [0.05, 0.1) is 0 Å². The van der Waals surface area contributed by atoms with Crippen LogP contribution in [0.2, 0.25) is 0 Å². The highest BCUT2D eigenvalue weighted by Gasteiger charge is 2.28. The quantitative estimate of drug-likeness (QED) is 0.432. The van der Waals surface area contributed by atoms with E-state index in [0.717, 1.165) is 23.6 Å². The summed E-state index contributed by atoms with van der Waals surface area (Å²) in [6.45, 7) is 0. The molecule has 0 spiro atoms. The van der Waals surface area contributed by atoms with Gasteiger partial charge in [-0.05, 0) is 37.0 Å². The molecular weight excluding hydrogens is 228 g/mol. The standard InChI is InChI=1S/C16H29Cl/c17-13-5-4-6-14-9-11-16(12-10-14)15-7-2-1-3-8-15/h14-16H,1-13H2. The Bertz CT molecular complexity index is 188. The Labute approximate surface area is 113 Å². The SMILES string of the molecule is ClCCCCC1CCC(C2CCCCC2)CC1. The van der Waals surface area contributed by atoms with Gasteiger partial charge in [-0.1, -0.05) is 57.8 Å². The third-order valence-corrected chi connectivity index (χ3v) is 5.47. The predicted molar refractivity (Wildman–Crippen MR) is 76.6 cm³/mol. The molecule has 17 heavy (non-hydrogen) atoms. The fourth-order valence-corrected chi connectivity index (χ4v) is 4.27. The van der Waals surface area contributed by atoms with Crippen molar-refractivity contribution in [2.24, 2.45) is 17.8 Å². The van der Waals surface area contributed by atoms with Crippen molar-refractivity contribution in [1.82, 2.24) is 0 Å². The molecule has 2 rings (SSSR count). The lowest BCUT2D eigenvalue weighted by Gasteiger charge is -2.36. The molecule has 1 heteroatoms. The van der Waals surface area contributed by atoms with Crippen LogP contribution in [-0.4, -0.2) is 5.88 Å². The fraction of sp³-hybridized carbons (Fsp3) is 1.00. The van der Waals surface area contributed by atoms with E-state index in [1.165, 1.54) is 64.2 Å². The average Bonchev–Trinajstić information content (AvgIpc) is 2.41. The summed E-state index contributed by atoms with van der Waals surface area (Å²) >= 11 is 5.74. The van der Waals surface area contributed by atoms with Crippen molar-refractivity contribution in [2.75, 3.05) is 5.88 Å². The number of alkyl halides is 1. The second-order valence-electron chi connectivity index (χ2n) is 6.36. The van der Waals surface area contributed by atoms with Gasteiger partial charge in [-0.2, -0.15) is 0 Å². The number of hydrogen-bond acceptors (Lipinski definition) is 0. The van der Waals surface area contributed by atoms with Gasteiger partial charge in [0.25, 0.3) is 0 Å². The first kappa shape index (κ1) is 13.7. The van der Waals surface area contributed by atoms with Crippen LogP contribution in [0.5, 0.6) is 0 Å².